The van der Waals surface area contributed by atoms with Crippen molar-refractivity contribution in [3.63, 3.8) is 0 Å². The molecule has 2 aliphatic carbocycles. The Balaban J connectivity index is 2.18. The summed E-state index contributed by atoms with van der Waals surface area (Å²) in [6, 6.07) is 0. The normalized spacial score (nSPS) is 42.4. The predicted molar refractivity (Wildman–Crippen MR) is 58.3 cm³/mol. The SMILES string of the molecule is CC[C@@]12CC=C[C@@H]1[C@](CN)(CC(=O)O)C2. The fraction of sp³-hybridized carbons (Fsp3) is 0.750. The van der Waals surface area contributed by atoms with Crippen LogP contribution < -0.4 is 5.73 Å². The predicted octanol–water partition coefficient (Wildman–Crippen LogP) is 1.78. The minimum absolute atomic E-state index is 0.158. The molecule has 0 spiro atoms. The highest BCUT2D eigenvalue weighted by Crippen LogP contribution is 2.67. The largest absolute Gasteiger partial charge is 0.481 e. The minimum Gasteiger partial charge on any atom is -0.481 e. The maximum absolute atomic E-state index is 10.9. The smallest absolute Gasteiger partial charge is 0.303 e. The van der Waals surface area contributed by atoms with Crippen molar-refractivity contribution < 1.29 is 9.90 Å². The summed E-state index contributed by atoms with van der Waals surface area (Å²) in [7, 11) is 0. The van der Waals surface area contributed by atoms with E-state index in [1.54, 1.807) is 0 Å². The van der Waals surface area contributed by atoms with E-state index < -0.39 is 5.97 Å². The Bertz CT molecular complexity index is 313. The first-order chi connectivity index (χ1) is 7.08. The van der Waals surface area contributed by atoms with Gasteiger partial charge < -0.3 is 10.8 Å². The first-order valence-corrected chi connectivity index (χ1v) is 5.67. The van der Waals surface area contributed by atoms with Crippen LogP contribution in [-0.4, -0.2) is 17.6 Å². The number of hydrogen-bond acceptors (Lipinski definition) is 2. The summed E-state index contributed by atoms with van der Waals surface area (Å²) in [5.74, 6) is -0.318. The number of allylic oxidation sites excluding steroid dienone is 2. The standard InChI is InChI=1S/C12H19NO2/c1-2-11-5-3-4-9(11)12(7-11,8-13)6-10(14)15/h3-4,9H,2,5-8,13H2,1H3,(H,14,15)/t9-,11-,12+/m0/s1. The molecule has 0 unspecified atom stereocenters. The van der Waals surface area contributed by atoms with E-state index in [2.05, 4.69) is 19.1 Å². The van der Waals surface area contributed by atoms with E-state index in [1.165, 1.54) is 0 Å². The average molecular weight is 209 g/mol. The number of rotatable bonds is 4. The molecule has 3 heteroatoms. The fourth-order valence-electron chi connectivity index (χ4n) is 3.72. The quantitative estimate of drug-likeness (QED) is 0.694. The molecule has 0 aromatic rings. The molecule has 0 aromatic carbocycles. The third-order valence-corrected chi connectivity index (χ3v) is 4.49. The second-order valence-electron chi connectivity index (χ2n) is 5.14. The van der Waals surface area contributed by atoms with Crippen molar-refractivity contribution in [2.75, 3.05) is 6.54 Å². The van der Waals surface area contributed by atoms with Crippen LogP contribution in [0.2, 0.25) is 0 Å². The lowest BCUT2D eigenvalue weighted by Gasteiger charge is -2.59. The molecule has 0 radical (unpaired) electrons. The topological polar surface area (TPSA) is 63.3 Å². The van der Waals surface area contributed by atoms with Gasteiger partial charge in [0.2, 0.25) is 0 Å². The zero-order valence-corrected chi connectivity index (χ0v) is 9.20. The zero-order valence-electron chi connectivity index (χ0n) is 9.20. The number of hydrogen-bond donors (Lipinski definition) is 2. The summed E-state index contributed by atoms with van der Waals surface area (Å²) in [5, 5.41) is 8.94. The molecular formula is C12H19NO2. The number of aliphatic carboxylic acids is 1. The van der Waals surface area contributed by atoms with E-state index in [0.29, 0.717) is 17.9 Å². The second kappa shape index (κ2) is 3.34. The zero-order chi connectivity index (χ0) is 11.1. The maximum atomic E-state index is 10.9. The summed E-state index contributed by atoms with van der Waals surface area (Å²) in [6.45, 7) is 2.69. The van der Waals surface area contributed by atoms with Crippen LogP contribution in [0.15, 0.2) is 12.2 Å². The molecule has 15 heavy (non-hydrogen) atoms. The van der Waals surface area contributed by atoms with Gasteiger partial charge >= 0.3 is 5.97 Å². The van der Waals surface area contributed by atoms with Crippen LogP contribution in [0.4, 0.5) is 0 Å². The van der Waals surface area contributed by atoms with E-state index in [9.17, 15) is 4.79 Å². The molecule has 0 saturated heterocycles. The molecular weight excluding hydrogens is 190 g/mol. The van der Waals surface area contributed by atoms with Crippen LogP contribution in [0.3, 0.4) is 0 Å². The number of fused-ring (bicyclic) bond motifs is 1. The fourth-order valence-corrected chi connectivity index (χ4v) is 3.72. The summed E-state index contributed by atoms with van der Waals surface area (Å²) in [4.78, 5) is 10.9. The van der Waals surface area contributed by atoms with Gasteiger partial charge in [0.1, 0.15) is 0 Å². The van der Waals surface area contributed by atoms with Gasteiger partial charge in [-0.05, 0) is 37.1 Å². The summed E-state index contributed by atoms with van der Waals surface area (Å²) < 4.78 is 0. The molecule has 0 bridgehead atoms. The molecule has 0 aromatic heterocycles. The molecule has 1 fully saturated rings. The molecule has 2 rings (SSSR count). The molecule has 1 saturated carbocycles. The Morgan fingerprint density at radius 3 is 2.93 bits per heavy atom. The molecule has 0 aliphatic heterocycles. The lowest BCUT2D eigenvalue weighted by Crippen LogP contribution is -2.57. The van der Waals surface area contributed by atoms with E-state index in [0.717, 1.165) is 19.3 Å². The number of carbonyl (C=O) groups is 1. The number of nitrogens with two attached hydrogens (primary N) is 1. The van der Waals surface area contributed by atoms with Crippen molar-refractivity contribution in [3.8, 4) is 0 Å². The van der Waals surface area contributed by atoms with Crippen molar-refractivity contribution in [3.05, 3.63) is 12.2 Å². The molecule has 3 atom stereocenters. The lowest BCUT2D eigenvalue weighted by atomic mass is 9.44. The van der Waals surface area contributed by atoms with Gasteiger partial charge in [-0.25, -0.2) is 0 Å². The minimum atomic E-state index is -0.717. The van der Waals surface area contributed by atoms with Gasteiger partial charge in [-0.1, -0.05) is 19.1 Å². The van der Waals surface area contributed by atoms with Crippen LogP contribution in [0.25, 0.3) is 0 Å². The molecule has 84 valence electrons. The van der Waals surface area contributed by atoms with Gasteiger partial charge in [-0.3, -0.25) is 4.79 Å². The van der Waals surface area contributed by atoms with Gasteiger partial charge in [0.05, 0.1) is 6.42 Å². The molecule has 2 aliphatic rings. The summed E-state index contributed by atoms with van der Waals surface area (Å²) >= 11 is 0. The van der Waals surface area contributed by atoms with Crippen LogP contribution >= 0.6 is 0 Å². The molecule has 0 amide bonds. The molecule has 0 heterocycles. The van der Waals surface area contributed by atoms with Gasteiger partial charge in [0.15, 0.2) is 0 Å². The average Bonchev–Trinajstić information content (AvgIpc) is 2.53. The summed E-state index contributed by atoms with van der Waals surface area (Å²) in [5.41, 5.74) is 5.97. The van der Waals surface area contributed by atoms with Gasteiger partial charge in [0, 0.05) is 5.41 Å². The molecule has 3 N–H and O–H groups in total. The highest BCUT2D eigenvalue weighted by molar-refractivity contribution is 5.68. The van der Waals surface area contributed by atoms with Crippen molar-refractivity contribution in [2.24, 2.45) is 22.5 Å². The van der Waals surface area contributed by atoms with Crippen molar-refractivity contribution >= 4 is 5.97 Å². The second-order valence-corrected chi connectivity index (χ2v) is 5.14. The van der Waals surface area contributed by atoms with Crippen molar-refractivity contribution in [1.82, 2.24) is 0 Å². The highest BCUT2D eigenvalue weighted by atomic mass is 16.4. The van der Waals surface area contributed by atoms with Crippen molar-refractivity contribution in [1.29, 1.82) is 0 Å². The van der Waals surface area contributed by atoms with Gasteiger partial charge in [0.25, 0.3) is 0 Å². The van der Waals surface area contributed by atoms with Gasteiger partial charge in [-0.2, -0.15) is 0 Å². The van der Waals surface area contributed by atoms with Crippen LogP contribution in [-0.2, 0) is 4.79 Å². The number of carboxylic acids is 1. The first kappa shape index (κ1) is 10.7. The first-order valence-electron chi connectivity index (χ1n) is 5.67. The van der Waals surface area contributed by atoms with Gasteiger partial charge in [-0.15, -0.1) is 0 Å². The number of carboxylic acid groups (broad SMARTS) is 1. The highest BCUT2D eigenvalue weighted by Gasteiger charge is 2.61. The monoisotopic (exact) mass is 209 g/mol. The third-order valence-electron chi connectivity index (χ3n) is 4.49. The van der Waals surface area contributed by atoms with E-state index in [4.69, 9.17) is 10.8 Å². The Morgan fingerprint density at radius 1 is 1.67 bits per heavy atom. The van der Waals surface area contributed by atoms with E-state index in [-0.39, 0.29) is 11.8 Å². The van der Waals surface area contributed by atoms with E-state index >= 15 is 0 Å². The molecule has 3 nitrogen and oxygen atoms in total. The summed E-state index contributed by atoms with van der Waals surface area (Å²) in [6.07, 6.45) is 7.84. The van der Waals surface area contributed by atoms with Crippen molar-refractivity contribution in [2.45, 2.75) is 32.6 Å². The third kappa shape index (κ3) is 1.33. The Labute approximate surface area is 90.3 Å². The maximum Gasteiger partial charge on any atom is 0.303 e. The Kier molecular flexibility index (Phi) is 2.38. The van der Waals surface area contributed by atoms with Crippen LogP contribution in [0, 0.1) is 16.7 Å². The van der Waals surface area contributed by atoms with Crippen LogP contribution in [0.5, 0.6) is 0 Å². The van der Waals surface area contributed by atoms with E-state index in [1.807, 2.05) is 0 Å². The Hall–Kier alpha value is -0.830. The lowest BCUT2D eigenvalue weighted by molar-refractivity contribution is -0.151. The van der Waals surface area contributed by atoms with Crippen LogP contribution in [0.1, 0.15) is 32.6 Å². The Morgan fingerprint density at radius 2 is 2.40 bits per heavy atom.